The molecule has 0 radical (unpaired) electrons. The summed E-state index contributed by atoms with van der Waals surface area (Å²) in [5, 5.41) is 6.10. The van der Waals surface area contributed by atoms with Gasteiger partial charge in [-0.1, -0.05) is 18.5 Å². The molecule has 11 heavy (non-hydrogen) atoms. The van der Waals surface area contributed by atoms with Crippen molar-refractivity contribution in [2.24, 2.45) is 0 Å². The van der Waals surface area contributed by atoms with Crippen molar-refractivity contribution in [2.75, 3.05) is 5.32 Å². The number of rotatable bonds is 4. The zero-order valence-corrected chi connectivity index (χ0v) is 6.33. The molecule has 1 amide bonds. The Morgan fingerprint density at radius 1 is 1.82 bits per heavy atom. The number of aromatic nitrogens is 1. The average Bonchev–Trinajstić information content (AvgIpc) is 2.38. The number of amides is 1. The Labute approximate surface area is 64.6 Å². The fourth-order valence-corrected chi connectivity index (χ4v) is 0.812. The molecular weight excluding hydrogens is 144 g/mol. The van der Waals surface area contributed by atoms with Crippen molar-refractivity contribution < 1.29 is 9.32 Å². The summed E-state index contributed by atoms with van der Waals surface area (Å²) in [4.78, 5) is 9.94. The Hall–Kier alpha value is -1.32. The van der Waals surface area contributed by atoms with Crippen LogP contribution in [0.5, 0.6) is 0 Å². The van der Waals surface area contributed by atoms with E-state index in [1.165, 1.54) is 0 Å². The summed E-state index contributed by atoms with van der Waals surface area (Å²) >= 11 is 0. The van der Waals surface area contributed by atoms with Gasteiger partial charge in [0, 0.05) is 6.07 Å². The molecule has 4 heteroatoms. The zero-order valence-electron chi connectivity index (χ0n) is 6.33. The molecule has 1 aromatic rings. The third-order valence-corrected chi connectivity index (χ3v) is 1.27. The van der Waals surface area contributed by atoms with E-state index in [0.717, 1.165) is 18.5 Å². The van der Waals surface area contributed by atoms with Gasteiger partial charge in [0.25, 0.3) is 0 Å². The summed E-state index contributed by atoms with van der Waals surface area (Å²) in [5.41, 5.74) is 0.872. The van der Waals surface area contributed by atoms with E-state index in [4.69, 9.17) is 4.52 Å². The van der Waals surface area contributed by atoms with Crippen LogP contribution in [0.25, 0.3) is 0 Å². The van der Waals surface area contributed by atoms with Crippen LogP contribution in [0.4, 0.5) is 5.88 Å². The van der Waals surface area contributed by atoms with Gasteiger partial charge in [0.1, 0.15) is 0 Å². The lowest BCUT2D eigenvalue weighted by atomic mass is 10.2. The number of carbonyl (C=O) groups excluding carboxylic acids is 1. The lowest BCUT2D eigenvalue weighted by molar-refractivity contribution is -0.105. The number of hydrogen-bond acceptors (Lipinski definition) is 3. The Bertz CT molecular complexity index is 232. The minimum absolute atomic E-state index is 0.406. The van der Waals surface area contributed by atoms with Crippen molar-refractivity contribution in [1.82, 2.24) is 5.16 Å². The quantitative estimate of drug-likeness (QED) is 0.663. The number of nitrogens with zero attached hydrogens (tertiary/aromatic N) is 1. The molecule has 0 aliphatic carbocycles. The van der Waals surface area contributed by atoms with E-state index in [0.29, 0.717) is 12.3 Å². The molecule has 0 saturated heterocycles. The molecule has 0 atom stereocenters. The Morgan fingerprint density at radius 2 is 2.64 bits per heavy atom. The van der Waals surface area contributed by atoms with Gasteiger partial charge in [0.2, 0.25) is 12.3 Å². The summed E-state index contributed by atoms with van der Waals surface area (Å²) < 4.78 is 4.77. The topological polar surface area (TPSA) is 55.1 Å². The van der Waals surface area contributed by atoms with E-state index in [1.807, 2.05) is 0 Å². The second-order valence-electron chi connectivity index (χ2n) is 2.19. The first kappa shape index (κ1) is 7.78. The SMILES string of the molecule is CCCc1cc(NC=O)on1. The molecule has 1 heterocycles. The maximum absolute atomic E-state index is 9.94. The maximum Gasteiger partial charge on any atom is 0.231 e. The van der Waals surface area contributed by atoms with E-state index in [2.05, 4.69) is 17.4 Å². The Morgan fingerprint density at radius 3 is 3.27 bits per heavy atom. The van der Waals surface area contributed by atoms with E-state index >= 15 is 0 Å². The summed E-state index contributed by atoms with van der Waals surface area (Å²) in [6.45, 7) is 2.06. The van der Waals surface area contributed by atoms with Crippen LogP contribution in [0.2, 0.25) is 0 Å². The second-order valence-corrected chi connectivity index (χ2v) is 2.19. The predicted molar refractivity (Wildman–Crippen MR) is 40.2 cm³/mol. The minimum atomic E-state index is 0.406. The lowest BCUT2D eigenvalue weighted by Crippen LogP contribution is -1.90. The minimum Gasteiger partial charge on any atom is -0.338 e. The highest BCUT2D eigenvalue weighted by Crippen LogP contribution is 2.09. The highest BCUT2D eigenvalue weighted by molar-refractivity contribution is 5.67. The smallest absolute Gasteiger partial charge is 0.231 e. The number of nitrogens with one attached hydrogen (secondary N) is 1. The molecule has 0 aromatic carbocycles. The molecule has 0 saturated carbocycles. The fourth-order valence-electron chi connectivity index (χ4n) is 0.812. The van der Waals surface area contributed by atoms with Crippen LogP contribution in [0, 0.1) is 0 Å². The molecule has 4 nitrogen and oxygen atoms in total. The van der Waals surface area contributed by atoms with Crippen LogP contribution in [-0.4, -0.2) is 11.6 Å². The molecule has 0 unspecified atom stereocenters. The second kappa shape index (κ2) is 3.75. The average molecular weight is 154 g/mol. The van der Waals surface area contributed by atoms with Gasteiger partial charge in [-0.15, -0.1) is 0 Å². The summed E-state index contributed by atoms with van der Waals surface area (Å²) in [7, 11) is 0. The van der Waals surface area contributed by atoms with Gasteiger partial charge in [0.15, 0.2) is 0 Å². The van der Waals surface area contributed by atoms with E-state index in [1.54, 1.807) is 6.07 Å². The largest absolute Gasteiger partial charge is 0.338 e. The van der Waals surface area contributed by atoms with Crippen molar-refractivity contribution in [1.29, 1.82) is 0 Å². The highest BCUT2D eigenvalue weighted by Gasteiger charge is 2.00. The summed E-state index contributed by atoms with van der Waals surface area (Å²) in [5.74, 6) is 0.406. The third-order valence-electron chi connectivity index (χ3n) is 1.27. The Kier molecular flexibility index (Phi) is 2.66. The molecule has 0 fully saturated rings. The van der Waals surface area contributed by atoms with Gasteiger partial charge in [0.05, 0.1) is 5.69 Å². The van der Waals surface area contributed by atoms with Crippen molar-refractivity contribution in [2.45, 2.75) is 19.8 Å². The highest BCUT2D eigenvalue weighted by atomic mass is 16.5. The molecule has 60 valence electrons. The standard InChI is InChI=1S/C7H10N2O2/c1-2-3-6-4-7(8-5-10)11-9-6/h4-5H,2-3H2,1H3,(H,8,10). The van der Waals surface area contributed by atoms with Crippen LogP contribution in [0.3, 0.4) is 0 Å². The maximum atomic E-state index is 9.94. The third kappa shape index (κ3) is 2.07. The van der Waals surface area contributed by atoms with E-state index < -0.39 is 0 Å². The van der Waals surface area contributed by atoms with Gasteiger partial charge in [-0.05, 0) is 6.42 Å². The van der Waals surface area contributed by atoms with Crippen LogP contribution in [0.1, 0.15) is 19.0 Å². The number of aryl methyl sites for hydroxylation is 1. The summed E-state index contributed by atoms with van der Waals surface area (Å²) in [6, 6.07) is 1.72. The first-order chi connectivity index (χ1) is 5.36. The van der Waals surface area contributed by atoms with Crippen molar-refractivity contribution >= 4 is 12.3 Å². The van der Waals surface area contributed by atoms with Crippen LogP contribution < -0.4 is 5.32 Å². The van der Waals surface area contributed by atoms with Crippen molar-refractivity contribution in [3.05, 3.63) is 11.8 Å². The Balaban J connectivity index is 2.57. The number of anilines is 1. The molecule has 0 aliphatic rings. The number of hydrogen-bond donors (Lipinski definition) is 1. The van der Waals surface area contributed by atoms with Gasteiger partial charge in [-0.3, -0.25) is 10.1 Å². The molecule has 1 aromatic heterocycles. The molecule has 0 bridgehead atoms. The monoisotopic (exact) mass is 154 g/mol. The summed E-state index contributed by atoms with van der Waals surface area (Å²) in [6.07, 6.45) is 2.47. The van der Waals surface area contributed by atoms with Crippen molar-refractivity contribution in [3.8, 4) is 0 Å². The zero-order chi connectivity index (χ0) is 8.10. The van der Waals surface area contributed by atoms with Crippen LogP contribution >= 0.6 is 0 Å². The van der Waals surface area contributed by atoms with Crippen LogP contribution in [0.15, 0.2) is 10.6 Å². The molecular formula is C7H10N2O2. The fraction of sp³-hybridized carbons (Fsp3) is 0.429. The van der Waals surface area contributed by atoms with Crippen molar-refractivity contribution in [3.63, 3.8) is 0 Å². The van der Waals surface area contributed by atoms with E-state index in [-0.39, 0.29) is 0 Å². The van der Waals surface area contributed by atoms with Gasteiger partial charge < -0.3 is 4.52 Å². The molecule has 1 rings (SSSR count). The van der Waals surface area contributed by atoms with Gasteiger partial charge in [-0.25, -0.2) is 0 Å². The molecule has 0 spiro atoms. The van der Waals surface area contributed by atoms with E-state index in [9.17, 15) is 4.79 Å². The first-order valence-corrected chi connectivity index (χ1v) is 3.52. The van der Waals surface area contributed by atoms with Gasteiger partial charge >= 0.3 is 0 Å². The van der Waals surface area contributed by atoms with Crippen LogP contribution in [-0.2, 0) is 11.2 Å². The predicted octanol–water partition coefficient (Wildman–Crippen LogP) is 1.20. The lowest BCUT2D eigenvalue weighted by Gasteiger charge is -1.84. The van der Waals surface area contributed by atoms with Gasteiger partial charge in [-0.2, -0.15) is 0 Å². The normalized spacial score (nSPS) is 9.55. The molecule has 1 N–H and O–H groups in total. The number of carbonyl (C=O) groups is 1. The first-order valence-electron chi connectivity index (χ1n) is 3.52. The molecule has 0 aliphatic heterocycles.